The fourth-order valence-electron chi connectivity index (χ4n) is 0.899. The van der Waals surface area contributed by atoms with Crippen molar-refractivity contribution in [2.24, 2.45) is 5.73 Å². The molecule has 0 aliphatic carbocycles. The zero-order valence-corrected chi connectivity index (χ0v) is 6.73. The molecule has 0 unspecified atom stereocenters. The number of anilines is 2. The molecule has 13 heavy (non-hydrogen) atoms. The minimum atomic E-state index is 0.361. The Labute approximate surface area is 73.7 Å². The molecule has 0 aromatic carbocycles. The second-order valence-corrected chi connectivity index (χ2v) is 2.38. The lowest BCUT2D eigenvalue weighted by atomic mass is 10.3. The summed E-state index contributed by atoms with van der Waals surface area (Å²) in [4.78, 5) is 3.74. The van der Waals surface area contributed by atoms with E-state index in [2.05, 4.69) is 15.5 Å². The zero-order chi connectivity index (χ0) is 9.10. The molecule has 0 aliphatic heterocycles. The van der Waals surface area contributed by atoms with Crippen molar-refractivity contribution in [1.82, 2.24) is 10.1 Å². The Bertz CT molecular complexity index is 368. The highest BCUT2D eigenvalue weighted by molar-refractivity contribution is 5.52. The third-order valence-electron chi connectivity index (χ3n) is 1.54. The molecule has 6 nitrogen and oxygen atoms in total. The van der Waals surface area contributed by atoms with Crippen LogP contribution in [-0.2, 0) is 6.54 Å². The molecule has 2 heterocycles. The Balaban J connectivity index is 2.18. The van der Waals surface area contributed by atoms with Gasteiger partial charge in [0.2, 0.25) is 5.88 Å². The van der Waals surface area contributed by atoms with Crippen LogP contribution in [0.5, 0.6) is 0 Å². The molecule has 0 fully saturated rings. The van der Waals surface area contributed by atoms with Crippen molar-refractivity contribution >= 4 is 11.7 Å². The van der Waals surface area contributed by atoms with Crippen LogP contribution in [0.4, 0.5) is 11.7 Å². The van der Waals surface area contributed by atoms with E-state index in [9.17, 15) is 0 Å². The van der Waals surface area contributed by atoms with E-state index >= 15 is 0 Å². The van der Waals surface area contributed by atoms with E-state index in [0.717, 1.165) is 5.56 Å². The highest BCUT2D eigenvalue weighted by Crippen LogP contribution is 2.17. The summed E-state index contributed by atoms with van der Waals surface area (Å²) in [5.41, 5.74) is 6.23. The van der Waals surface area contributed by atoms with Gasteiger partial charge in [-0.1, -0.05) is 5.16 Å². The molecule has 68 valence electrons. The number of nitrogens with two attached hydrogens (primary N) is 1. The van der Waals surface area contributed by atoms with Gasteiger partial charge in [-0.25, -0.2) is 4.98 Å². The van der Waals surface area contributed by atoms with Gasteiger partial charge in [-0.15, -0.1) is 0 Å². The summed E-state index contributed by atoms with van der Waals surface area (Å²) in [5.74, 6) is 1.06. The van der Waals surface area contributed by atoms with Gasteiger partial charge in [0.1, 0.15) is 6.26 Å². The van der Waals surface area contributed by atoms with Crippen LogP contribution in [0.3, 0.4) is 0 Å². The largest absolute Gasteiger partial charge is 0.428 e. The van der Waals surface area contributed by atoms with E-state index in [0.29, 0.717) is 18.2 Å². The van der Waals surface area contributed by atoms with Crippen molar-refractivity contribution in [3.8, 4) is 0 Å². The lowest BCUT2D eigenvalue weighted by Gasteiger charge is -1.97. The highest BCUT2D eigenvalue weighted by atomic mass is 16.5. The van der Waals surface area contributed by atoms with Crippen molar-refractivity contribution in [1.29, 1.82) is 0 Å². The number of aromatic nitrogens is 2. The monoisotopic (exact) mass is 180 g/mol. The topological polar surface area (TPSA) is 90.1 Å². The molecule has 2 rings (SSSR count). The normalized spacial score (nSPS) is 10.2. The highest BCUT2D eigenvalue weighted by Gasteiger charge is 2.06. The molecule has 6 heteroatoms. The summed E-state index contributed by atoms with van der Waals surface area (Å²) in [5, 5.41) is 6.58. The molecule has 0 radical (unpaired) electrons. The molecule has 0 bridgehead atoms. The molecule has 2 aromatic heterocycles. The predicted octanol–water partition coefficient (Wildman–Crippen LogP) is 0.865. The minimum absolute atomic E-state index is 0.361. The molecule has 2 aromatic rings. The van der Waals surface area contributed by atoms with Gasteiger partial charge in [-0.2, -0.15) is 0 Å². The molecular formula is C7H8N4O2. The second-order valence-electron chi connectivity index (χ2n) is 2.38. The maximum atomic E-state index is 5.44. The van der Waals surface area contributed by atoms with Gasteiger partial charge < -0.3 is 20.0 Å². The first-order valence-corrected chi connectivity index (χ1v) is 3.69. The van der Waals surface area contributed by atoms with Gasteiger partial charge in [-0.3, -0.25) is 0 Å². The zero-order valence-electron chi connectivity index (χ0n) is 6.73. The smallest absolute Gasteiger partial charge is 0.219 e. The van der Waals surface area contributed by atoms with Gasteiger partial charge in [0, 0.05) is 12.1 Å². The van der Waals surface area contributed by atoms with Gasteiger partial charge in [-0.05, 0) is 0 Å². The number of nitrogens with one attached hydrogen (secondary N) is 1. The van der Waals surface area contributed by atoms with Gasteiger partial charge >= 0.3 is 0 Å². The van der Waals surface area contributed by atoms with Crippen molar-refractivity contribution in [2.45, 2.75) is 6.54 Å². The Hall–Kier alpha value is -1.82. The first-order valence-electron chi connectivity index (χ1n) is 3.69. The fraction of sp³-hybridized carbons (Fsp3) is 0.143. The molecular weight excluding hydrogens is 172 g/mol. The maximum Gasteiger partial charge on any atom is 0.219 e. The van der Waals surface area contributed by atoms with Crippen LogP contribution in [0.1, 0.15) is 5.56 Å². The quantitative estimate of drug-likeness (QED) is 0.728. The number of nitrogens with zero attached hydrogens (tertiary/aromatic N) is 2. The van der Waals surface area contributed by atoms with E-state index < -0.39 is 0 Å². The van der Waals surface area contributed by atoms with Gasteiger partial charge in [0.15, 0.2) is 12.2 Å². The lowest BCUT2D eigenvalue weighted by molar-refractivity contribution is 0.421. The number of oxazole rings is 1. The van der Waals surface area contributed by atoms with Crippen molar-refractivity contribution in [2.75, 3.05) is 5.32 Å². The molecule has 0 spiro atoms. The first-order chi connectivity index (χ1) is 6.40. The molecule has 0 saturated carbocycles. The van der Waals surface area contributed by atoms with Crippen LogP contribution in [-0.4, -0.2) is 10.1 Å². The standard InChI is InChI=1S/C7H8N4O2/c8-1-5-3-13-11-7(5)10-6-2-9-4-12-6/h2-4H,1,8H2,(H,10,11). The predicted molar refractivity (Wildman–Crippen MR) is 44.2 cm³/mol. The number of rotatable bonds is 3. The average molecular weight is 180 g/mol. The van der Waals surface area contributed by atoms with Crippen molar-refractivity contribution in [3.05, 3.63) is 24.4 Å². The summed E-state index contributed by atoms with van der Waals surface area (Å²) in [7, 11) is 0. The van der Waals surface area contributed by atoms with E-state index in [4.69, 9.17) is 14.7 Å². The maximum absolute atomic E-state index is 5.44. The lowest BCUT2D eigenvalue weighted by Crippen LogP contribution is -1.99. The third kappa shape index (κ3) is 1.52. The first kappa shape index (κ1) is 7.81. The summed E-state index contributed by atoms with van der Waals surface area (Å²) in [6, 6.07) is 0. The van der Waals surface area contributed by atoms with Crippen molar-refractivity contribution < 1.29 is 8.94 Å². The number of hydrogen-bond acceptors (Lipinski definition) is 6. The Morgan fingerprint density at radius 2 is 2.46 bits per heavy atom. The van der Waals surface area contributed by atoms with Crippen LogP contribution in [0, 0.1) is 0 Å². The van der Waals surface area contributed by atoms with E-state index in [-0.39, 0.29) is 0 Å². The van der Waals surface area contributed by atoms with E-state index in [1.807, 2.05) is 0 Å². The Kier molecular flexibility index (Phi) is 1.97. The summed E-state index contributed by atoms with van der Waals surface area (Å²) in [6.45, 7) is 0.361. The summed E-state index contributed by atoms with van der Waals surface area (Å²) >= 11 is 0. The second kappa shape index (κ2) is 3.28. The average Bonchev–Trinajstić information content (AvgIpc) is 2.76. The van der Waals surface area contributed by atoms with Crippen LogP contribution in [0.2, 0.25) is 0 Å². The molecule has 0 amide bonds. The van der Waals surface area contributed by atoms with Gasteiger partial charge in [0.05, 0.1) is 6.20 Å². The van der Waals surface area contributed by atoms with Crippen LogP contribution in [0.25, 0.3) is 0 Å². The molecule has 0 atom stereocenters. The summed E-state index contributed by atoms with van der Waals surface area (Å²) < 4.78 is 9.69. The van der Waals surface area contributed by atoms with Crippen LogP contribution < -0.4 is 11.1 Å². The SMILES string of the molecule is NCc1conc1Nc1cnco1. The third-order valence-corrected chi connectivity index (χ3v) is 1.54. The molecule has 0 saturated heterocycles. The number of hydrogen-bond donors (Lipinski definition) is 2. The van der Waals surface area contributed by atoms with E-state index in [1.54, 1.807) is 0 Å². The minimum Gasteiger partial charge on any atom is -0.428 e. The fourth-order valence-corrected chi connectivity index (χ4v) is 0.899. The molecule has 3 N–H and O–H groups in total. The van der Waals surface area contributed by atoms with Crippen molar-refractivity contribution in [3.63, 3.8) is 0 Å². The van der Waals surface area contributed by atoms with Crippen LogP contribution in [0.15, 0.2) is 27.8 Å². The van der Waals surface area contributed by atoms with E-state index in [1.165, 1.54) is 18.9 Å². The molecule has 0 aliphatic rings. The Morgan fingerprint density at radius 1 is 1.54 bits per heavy atom. The Morgan fingerprint density at radius 3 is 3.15 bits per heavy atom. The van der Waals surface area contributed by atoms with Crippen LogP contribution >= 0.6 is 0 Å². The summed E-state index contributed by atoms with van der Waals surface area (Å²) in [6.07, 6.45) is 4.35. The van der Waals surface area contributed by atoms with Gasteiger partial charge in [0.25, 0.3) is 0 Å².